The molecule has 1 atom stereocenters. The van der Waals surface area contributed by atoms with Crippen molar-refractivity contribution in [3.8, 4) is 0 Å². The largest absolute Gasteiger partial charge is 0.389 e. The summed E-state index contributed by atoms with van der Waals surface area (Å²) in [5.41, 5.74) is 3.79. The Morgan fingerprint density at radius 3 is 2.62 bits per heavy atom. The number of aliphatic hydroxyl groups excluding tert-OH is 1. The van der Waals surface area contributed by atoms with Gasteiger partial charge in [-0.05, 0) is 37.0 Å². The fourth-order valence-corrected chi connectivity index (χ4v) is 3.09. The number of nitrogens with zero attached hydrogens (tertiary/aromatic N) is 1. The number of aliphatic hydroxyl groups is 1. The van der Waals surface area contributed by atoms with Gasteiger partial charge in [0.05, 0.1) is 11.8 Å². The van der Waals surface area contributed by atoms with Crippen molar-refractivity contribution in [3.63, 3.8) is 0 Å². The molecule has 1 aliphatic heterocycles. The molecule has 3 heteroatoms. The van der Waals surface area contributed by atoms with E-state index >= 15 is 0 Å². The van der Waals surface area contributed by atoms with Crippen molar-refractivity contribution in [2.45, 2.75) is 32.4 Å². The summed E-state index contributed by atoms with van der Waals surface area (Å²) in [4.78, 5) is 2.06. The van der Waals surface area contributed by atoms with Gasteiger partial charge in [0.2, 0.25) is 0 Å². The summed E-state index contributed by atoms with van der Waals surface area (Å²) in [6, 6.07) is 13.3. The molecule has 2 aromatic rings. The fourth-order valence-electron chi connectivity index (χ4n) is 3.09. The van der Waals surface area contributed by atoms with Crippen LogP contribution in [0.15, 0.2) is 42.5 Å². The Morgan fingerprint density at radius 1 is 1.10 bits per heavy atom. The second-order valence-electron chi connectivity index (χ2n) is 5.65. The monoisotopic (exact) mass is 285 g/mol. The zero-order chi connectivity index (χ0) is 14.8. The first-order chi connectivity index (χ1) is 10.2. The van der Waals surface area contributed by atoms with Gasteiger partial charge in [-0.3, -0.25) is 0 Å². The van der Waals surface area contributed by atoms with Gasteiger partial charge in [0, 0.05) is 18.7 Å². The van der Waals surface area contributed by atoms with Crippen molar-refractivity contribution in [1.82, 2.24) is 0 Å². The zero-order valence-electron chi connectivity index (χ0n) is 12.2. The van der Waals surface area contributed by atoms with Gasteiger partial charge in [-0.2, -0.15) is 0 Å². The van der Waals surface area contributed by atoms with E-state index in [9.17, 15) is 9.50 Å². The van der Waals surface area contributed by atoms with Crippen molar-refractivity contribution in [1.29, 1.82) is 0 Å². The molecule has 2 nitrogen and oxygen atoms in total. The number of hydrogen-bond acceptors (Lipinski definition) is 2. The first kappa shape index (κ1) is 14.1. The topological polar surface area (TPSA) is 23.5 Å². The molecule has 0 fully saturated rings. The highest BCUT2D eigenvalue weighted by molar-refractivity contribution is 5.56. The van der Waals surface area contributed by atoms with E-state index in [1.54, 1.807) is 19.1 Å². The maximum absolute atomic E-state index is 14.4. The lowest BCUT2D eigenvalue weighted by molar-refractivity contribution is 0.199. The van der Waals surface area contributed by atoms with Crippen LogP contribution in [0.1, 0.15) is 36.1 Å². The lowest BCUT2D eigenvalue weighted by Gasteiger charge is -2.27. The van der Waals surface area contributed by atoms with Gasteiger partial charge in [0.15, 0.2) is 0 Å². The molecule has 21 heavy (non-hydrogen) atoms. The molecule has 3 rings (SSSR count). The molecule has 0 radical (unpaired) electrons. The van der Waals surface area contributed by atoms with Gasteiger partial charge < -0.3 is 10.0 Å². The predicted molar refractivity (Wildman–Crippen MR) is 82.8 cm³/mol. The fraction of sp³-hybridized carbons (Fsp3) is 0.333. The van der Waals surface area contributed by atoms with Crippen LogP contribution in [0.3, 0.4) is 0 Å². The Morgan fingerprint density at radius 2 is 1.86 bits per heavy atom. The number of para-hydroxylation sites is 1. The van der Waals surface area contributed by atoms with Gasteiger partial charge in [0.25, 0.3) is 0 Å². The molecular weight excluding hydrogens is 265 g/mol. The summed E-state index contributed by atoms with van der Waals surface area (Å²) in [5, 5.41) is 9.93. The van der Waals surface area contributed by atoms with Crippen molar-refractivity contribution in [3.05, 3.63) is 65.0 Å². The third-order valence-corrected chi connectivity index (χ3v) is 4.14. The van der Waals surface area contributed by atoms with Gasteiger partial charge in [-0.1, -0.05) is 36.4 Å². The number of benzene rings is 2. The quantitative estimate of drug-likeness (QED) is 0.906. The number of fused-ring (bicyclic) bond motifs is 1. The molecule has 0 saturated carbocycles. The van der Waals surface area contributed by atoms with Crippen molar-refractivity contribution >= 4 is 5.69 Å². The molecule has 0 aliphatic carbocycles. The predicted octanol–water partition coefficient (Wildman–Crippen LogP) is 3.83. The van der Waals surface area contributed by atoms with Gasteiger partial charge in [-0.25, -0.2) is 4.39 Å². The van der Waals surface area contributed by atoms with E-state index in [0.29, 0.717) is 17.8 Å². The van der Waals surface area contributed by atoms with Crippen LogP contribution in [-0.2, 0) is 13.0 Å². The van der Waals surface area contributed by atoms with Gasteiger partial charge in [0.1, 0.15) is 5.82 Å². The van der Waals surface area contributed by atoms with E-state index in [-0.39, 0.29) is 5.82 Å². The highest BCUT2D eigenvalue weighted by Gasteiger charge is 2.21. The lowest BCUT2D eigenvalue weighted by atomic mass is 10.0. The Kier molecular flexibility index (Phi) is 3.93. The number of anilines is 1. The number of halogens is 1. The van der Waals surface area contributed by atoms with Crippen molar-refractivity contribution in [2.24, 2.45) is 0 Å². The van der Waals surface area contributed by atoms with Gasteiger partial charge >= 0.3 is 0 Å². The molecule has 0 spiro atoms. The van der Waals surface area contributed by atoms with Crippen LogP contribution < -0.4 is 4.90 Å². The first-order valence-corrected chi connectivity index (χ1v) is 7.45. The minimum absolute atomic E-state index is 0.257. The molecular formula is C18H20FNO. The third-order valence-electron chi connectivity index (χ3n) is 4.14. The highest BCUT2D eigenvalue weighted by atomic mass is 19.1. The molecule has 1 aliphatic rings. The number of rotatable bonds is 2. The molecule has 1 heterocycles. The molecule has 110 valence electrons. The zero-order valence-corrected chi connectivity index (χ0v) is 12.2. The lowest BCUT2D eigenvalue weighted by Crippen LogP contribution is -2.25. The van der Waals surface area contributed by atoms with Crippen LogP contribution in [0.4, 0.5) is 10.1 Å². The SMILES string of the molecule is C[C@@H](O)c1cccc(F)c1N1CCCc2ccccc2C1. The van der Waals surface area contributed by atoms with Crippen LogP contribution in [-0.4, -0.2) is 11.7 Å². The van der Waals surface area contributed by atoms with Crippen LogP contribution in [0, 0.1) is 5.82 Å². The number of aryl methyl sites for hydroxylation is 1. The Labute approximate surface area is 124 Å². The summed E-state index contributed by atoms with van der Waals surface area (Å²) in [7, 11) is 0. The summed E-state index contributed by atoms with van der Waals surface area (Å²) in [5.74, 6) is -0.257. The van der Waals surface area contributed by atoms with Crippen molar-refractivity contribution < 1.29 is 9.50 Å². The maximum atomic E-state index is 14.4. The van der Waals surface area contributed by atoms with Crippen LogP contribution in [0.25, 0.3) is 0 Å². The minimum Gasteiger partial charge on any atom is -0.389 e. The molecule has 0 amide bonds. The molecule has 0 unspecified atom stereocenters. The summed E-state index contributed by atoms with van der Waals surface area (Å²) >= 11 is 0. The van der Waals surface area contributed by atoms with E-state index < -0.39 is 6.10 Å². The third kappa shape index (κ3) is 2.79. The van der Waals surface area contributed by atoms with E-state index in [1.807, 2.05) is 6.07 Å². The smallest absolute Gasteiger partial charge is 0.146 e. The second kappa shape index (κ2) is 5.86. The average molecular weight is 285 g/mol. The average Bonchev–Trinajstić information content (AvgIpc) is 2.68. The number of hydrogen-bond donors (Lipinski definition) is 1. The molecule has 0 bridgehead atoms. The standard InChI is InChI=1S/C18H20FNO/c1-13(21)16-9-4-10-17(19)18(16)20-11-5-8-14-6-2-3-7-15(14)12-20/h2-4,6-7,9-10,13,21H,5,8,11-12H2,1H3/t13-/m1/s1. The van der Waals surface area contributed by atoms with Crippen LogP contribution in [0.5, 0.6) is 0 Å². The summed E-state index contributed by atoms with van der Waals surface area (Å²) in [6.07, 6.45) is 1.34. The molecule has 0 aromatic heterocycles. The van der Waals surface area contributed by atoms with Crippen molar-refractivity contribution in [2.75, 3.05) is 11.4 Å². The van der Waals surface area contributed by atoms with E-state index in [4.69, 9.17) is 0 Å². The Hall–Kier alpha value is -1.87. The van der Waals surface area contributed by atoms with Gasteiger partial charge in [-0.15, -0.1) is 0 Å². The van der Waals surface area contributed by atoms with Crippen LogP contribution >= 0.6 is 0 Å². The minimum atomic E-state index is -0.672. The highest BCUT2D eigenvalue weighted by Crippen LogP contribution is 2.32. The first-order valence-electron chi connectivity index (χ1n) is 7.45. The maximum Gasteiger partial charge on any atom is 0.146 e. The normalized spacial score (nSPS) is 16.2. The van der Waals surface area contributed by atoms with E-state index in [2.05, 4.69) is 23.1 Å². The molecule has 2 aromatic carbocycles. The van der Waals surface area contributed by atoms with E-state index in [1.165, 1.54) is 17.2 Å². The van der Waals surface area contributed by atoms with E-state index in [0.717, 1.165) is 19.4 Å². The Balaban J connectivity index is 2.02. The molecule has 0 saturated heterocycles. The van der Waals surface area contributed by atoms with Crippen LogP contribution in [0.2, 0.25) is 0 Å². The molecule has 1 N–H and O–H groups in total. The second-order valence-corrected chi connectivity index (χ2v) is 5.65. The summed E-state index contributed by atoms with van der Waals surface area (Å²) < 4.78 is 14.4. The Bertz CT molecular complexity index is 639. The summed E-state index contributed by atoms with van der Waals surface area (Å²) in [6.45, 7) is 3.18.